The van der Waals surface area contributed by atoms with E-state index in [0.29, 0.717) is 12.4 Å². The first-order valence-corrected chi connectivity index (χ1v) is 8.07. The first-order valence-electron chi connectivity index (χ1n) is 6.58. The van der Waals surface area contributed by atoms with Crippen molar-refractivity contribution in [2.45, 2.75) is 24.9 Å². The van der Waals surface area contributed by atoms with Crippen LogP contribution in [0.2, 0.25) is 0 Å². The Hall–Kier alpha value is -1.78. The smallest absolute Gasteiger partial charge is 0.244 e. The maximum Gasteiger partial charge on any atom is 0.244 e. The highest BCUT2D eigenvalue weighted by Crippen LogP contribution is 2.07. The van der Waals surface area contributed by atoms with Crippen molar-refractivity contribution in [2.75, 3.05) is 13.1 Å². The van der Waals surface area contributed by atoms with Gasteiger partial charge in [-0.15, -0.1) is 0 Å². The molecular weight excluding hydrogens is 294 g/mol. The lowest BCUT2D eigenvalue weighted by Gasteiger charge is -2.02. The van der Waals surface area contributed by atoms with Gasteiger partial charge in [0.25, 0.3) is 0 Å². The van der Waals surface area contributed by atoms with Crippen molar-refractivity contribution >= 4 is 10.0 Å². The second-order valence-electron chi connectivity index (χ2n) is 4.45. The van der Waals surface area contributed by atoms with Crippen LogP contribution < -0.4 is 10.0 Å². The number of nitrogens with one attached hydrogen (secondary N) is 2. The van der Waals surface area contributed by atoms with E-state index in [0.717, 1.165) is 13.1 Å². The highest BCUT2D eigenvalue weighted by Gasteiger charge is 2.17. The van der Waals surface area contributed by atoms with Gasteiger partial charge >= 0.3 is 0 Å². The third-order valence-corrected chi connectivity index (χ3v) is 4.11. The summed E-state index contributed by atoms with van der Waals surface area (Å²) >= 11 is 0. The van der Waals surface area contributed by atoms with Gasteiger partial charge in [0.05, 0.1) is 19.3 Å². The minimum Gasteiger partial charge on any atom is -0.315 e. The lowest BCUT2D eigenvalue weighted by molar-refractivity contribution is 0.562. The molecule has 0 aliphatic heterocycles. The van der Waals surface area contributed by atoms with Gasteiger partial charge in [0, 0.05) is 19.8 Å². The zero-order valence-corrected chi connectivity index (χ0v) is 12.8. The van der Waals surface area contributed by atoms with E-state index in [-0.39, 0.29) is 11.4 Å². The van der Waals surface area contributed by atoms with Crippen LogP contribution >= 0.6 is 0 Å². The maximum absolute atomic E-state index is 12.1. The third-order valence-electron chi connectivity index (χ3n) is 2.75. The van der Waals surface area contributed by atoms with E-state index in [9.17, 15) is 8.42 Å². The molecule has 2 N–H and O–H groups in total. The van der Waals surface area contributed by atoms with Crippen molar-refractivity contribution in [3.63, 3.8) is 0 Å². The Morgan fingerprint density at radius 3 is 2.86 bits per heavy atom. The Kier molecular flexibility index (Phi) is 5.04. The summed E-state index contributed by atoms with van der Waals surface area (Å²) in [5.41, 5.74) is 0. The molecule has 0 unspecified atom stereocenters. The number of likely N-dealkylation sites (N-methyl/N-ethyl adjacent to an activating group) is 1. The van der Waals surface area contributed by atoms with Gasteiger partial charge in [-0.3, -0.25) is 9.36 Å². The van der Waals surface area contributed by atoms with Crippen molar-refractivity contribution in [2.24, 2.45) is 7.05 Å². The Morgan fingerprint density at radius 2 is 2.19 bits per heavy atom. The fourth-order valence-electron chi connectivity index (χ4n) is 1.68. The van der Waals surface area contributed by atoms with Gasteiger partial charge in [-0.25, -0.2) is 18.1 Å². The summed E-state index contributed by atoms with van der Waals surface area (Å²) in [4.78, 5) is 4.10. The van der Waals surface area contributed by atoms with Crippen LogP contribution in [0.1, 0.15) is 12.7 Å². The fourth-order valence-corrected chi connectivity index (χ4v) is 2.62. The summed E-state index contributed by atoms with van der Waals surface area (Å²) in [5.74, 6) is 0.417. The Bertz CT molecular complexity index is 676. The van der Waals surface area contributed by atoms with Crippen LogP contribution in [0.15, 0.2) is 23.6 Å². The first kappa shape index (κ1) is 15.6. The summed E-state index contributed by atoms with van der Waals surface area (Å²) < 4.78 is 29.8. The Labute approximate surface area is 123 Å². The van der Waals surface area contributed by atoms with Gasteiger partial charge in [-0.05, 0) is 6.54 Å². The molecule has 2 rings (SSSR count). The summed E-state index contributed by atoms with van der Waals surface area (Å²) in [6.07, 6.45) is 4.36. The van der Waals surface area contributed by atoms with Gasteiger partial charge in [-0.1, -0.05) is 6.92 Å². The van der Waals surface area contributed by atoms with Crippen LogP contribution in [0, 0.1) is 0 Å². The minimum atomic E-state index is -3.60. The van der Waals surface area contributed by atoms with Gasteiger partial charge in [0.15, 0.2) is 5.82 Å². The number of aryl methyl sites for hydroxylation is 1. The van der Waals surface area contributed by atoms with E-state index in [4.69, 9.17) is 0 Å². The number of nitrogens with zero attached hydrogens (tertiary/aromatic N) is 5. The van der Waals surface area contributed by atoms with Crippen molar-refractivity contribution in [3.05, 3.63) is 24.5 Å². The predicted octanol–water partition coefficient (Wildman–Crippen LogP) is -0.900. The van der Waals surface area contributed by atoms with Crippen molar-refractivity contribution < 1.29 is 8.42 Å². The van der Waals surface area contributed by atoms with Gasteiger partial charge < -0.3 is 5.32 Å². The highest BCUT2D eigenvalue weighted by molar-refractivity contribution is 7.89. The van der Waals surface area contributed by atoms with E-state index in [1.807, 2.05) is 6.92 Å². The standard InChI is InChI=1S/C11H19N7O2S/c1-3-12-4-5-18-8-10(6-14-18)21(19,20)15-7-11-13-9-17(2)16-11/h6,8-9,12,15H,3-5,7H2,1-2H3. The topological polar surface area (TPSA) is 107 Å². The average Bonchev–Trinajstić information content (AvgIpc) is 3.06. The molecule has 0 saturated carbocycles. The van der Waals surface area contributed by atoms with E-state index in [2.05, 4.69) is 25.2 Å². The van der Waals surface area contributed by atoms with Crippen LogP contribution in [0.3, 0.4) is 0 Å². The Morgan fingerprint density at radius 1 is 1.38 bits per heavy atom. The van der Waals surface area contributed by atoms with Gasteiger partial charge in [0.2, 0.25) is 10.0 Å². The normalized spacial score (nSPS) is 11.9. The quantitative estimate of drug-likeness (QED) is 0.612. The third kappa shape index (κ3) is 4.34. The molecule has 0 saturated heterocycles. The molecule has 116 valence electrons. The minimum absolute atomic E-state index is 0.0474. The van der Waals surface area contributed by atoms with E-state index in [1.54, 1.807) is 11.7 Å². The molecule has 2 aromatic heterocycles. The van der Waals surface area contributed by atoms with Crippen molar-refractivity contribution in [1.29, 1.82) is 0 Å². The molecule has 0 spiro atoms. The van der Waals surface area contributed by atoms with E-state index in [1.165, 1.54) is 23.4 Å². The van der Waals surface area contributed by atoms with Crippen LogP contribution in [0.25, 0.3) is 0 Å². The van der Waals surface area contributed by atoms with Gasteiger partial charge in [-0.2, -0.15) is 10.2 Å². The summed E-state index contributed by atoms with van der Waals surface area (Å²) in [6.45, 7) is 4.28. The monoisotopic (exact) mass is 313 g/mol. The molecule has 21 heavy (non-hydrogen) atoms. The zero-order chi connectivity index (χ0) is 15.3. The van der Waals surface area contributed by atoms with E-state index >= 15 is 0 Å². The molecule has 0 aromatic carbocycles. The molecule has 0 aliphatic carbocycles. The fraction of sp³-hybridized carbons (Fsp3) is 0.545. The first-order chi connectivity index (χ1) is 10.0. The Balaban J connectivity index is 1.95. The zero-order valence-electron chi connectivity index (χ0n) is 12.0. The predicted molar refractivity (Wildman–Crippen MR) is 75.8 cm³/mol. The van der Waals surface area contributed by atoms with Gasteiger partial charge in [0.1, 0.15) is 11.2 Å². The molecule has 0 amide bonds. The molecule has 10 heteroatoms. The lowest BCUT2D eigenvalue weighted by Crippen LogP contribution is -2.23. The molecule has 0 fully saturated rings. The highest BCUT2D eigenvalue weighted by atomic mass is 32.2. The van der Waals surface area contributed by atoms with Crippen LogP contribution in [0.5, 0.6) is 0 Å². The molecule has 0 aliphatic rings. The van der Waals surface area contributed by atoms with E-state index < -0.39 is 10.0 Å². The molecule has 2 heterocycles. The van der Waals surface area contributed by atoms with Crippen molar-refractivity contribution in [1.82, 2.24) is 34.6 Å². The second-order valence-corrected chi connectivity index (χ2v) is 6.22. The number of rotatable bonds is 8. The summed E-state index contributed by atoms with van der Waals surface area (Å²) in [6, 6.07) is 0. The molecule has 9 nitrogen and oxygen atoms in total. The van der Waals surface area contributed by atoms with Crippen LogP contribution in [-0.4, -0.2) is 46.1 Å². The largest absolute Gasteiger partial charge is 0.315 e. The van der Waals surface area contributed by atoms with Crippen molar-refractivity contribution in [3.8, 4) is 0 Å². The van der Waals surface area contributed by atoms with Crippen LogP contribution in [0.4, 0.5) is 0 Å². The molecule has 0 atom stereocenters. The van der Waals surface area contributed by atoms with Crippen LogP contribution in [-0.2, 0) is 30.2 Å². The lowest BCUT2D eigenvalue weighted by atomic mass is 10.6. The second kappa shape index (κ2) is 6.78. The number of sulfonamides is 1. The molecular formula is C11H19N7O2S. The summed E-state index contributed by atoms with van der Waals surface area (Å²) in [5, 5.41) is 11.2. The average molecular weight is 313 g/mol. The number of aromatic nitrogens is 5. The number of hydrogen-bond donors (Lipinski definition) is 2. The molecule has 0 radical (unpaired) electrons. The molecule has 0 bridgehead atoms. The maximum atomic E-state index is 12.1. The number of hydrogen-bond acceptors (Lipinski definition) is 6. The summed E-state index contributed by atoms with van der Waals surface area (Å²) in [7, 11) is -1.88. The molecule has 2 aromatic rings. The SMILES string of the molecule is CCNCCn1cc(S(=O)(=O)NCc2ncn(C)n2)cn1.